The number of halogens is 4. The molecule has 0 aromatic rings. The van der Waals surface area contributed by atoms with Crippen molar-refractivity contribution >= 4 is 6.16 Å². The van der Waals surface area contributed by atoms with Crippen LogP contribution in [-0.2, 0) is 9.47 Å². The van der Waals surface area contributed by atoms with Gasteiger partial charge >= 0.3 is 6.16 Å². The molecule has 0 amide bonds. The van der Waals surface area contributed by atoms with Crippen molar-refractivity contribution in [3.05, 3.63) is 0 Å². The normalized spacial score (nSPS) is 15.4. The minimum absolute atomic E-state index is 0.930. The lowest BCUT2D eigenvalue weighted by atomic mass is 10.4. The molecule has 0 aromatic heterocycles. The van der Waals surface area contributed by atoms with E-state index in [1.165, 1.54) is 0 Å². The smallest absolute Gasteiger partial charge is 0.425 e. The lowest BCUT2D eigenvalue weighted by molar-refractivity contribution is -0.0729. The summed E-state index contributed by atoms with van der Waals surface area (Å²) in [4.78, 5) is 10.6. The van der Waals surface area contributed by atoms with Gasteiger partial charge in [-0.3, -0.25) is 0 Å². The molecule has 0 radical (unpaired) electrons. The molecule has 0 aromatic carbocycles. The molecule has 0 aliphatic heterocycles. The van der Waals surface area contributed by atoms with Crippen molar-refractivity contribution in [3.8, 4) is 0 Å². The van der Waals surface area contributed by atoms with Crippen LogP contribution in [0.4, 0.5) is 22.4 Å². The first-order chi connectivity index (χ1) is 6.34. The number of ether oxygens (including phenoxy) is 2. The molecule has 14 heavy (non-hydrogen) atoms. The fourth-order valence-corrected chi connectivity index (χ4v) is 0.434. The maximum Gasteiger partial charge on any atom is 0.509 e. The summed E-state index contributed by atoms with van der Waals surface area (Å²) in [6.07, 6.45) is -10.6. The largest absolute Gasteiger partial charge is 0.509 e. The molecule has 3 nitrogen and oxygen atoms in total. The van der Waals surface area contributed by atoms with Crippen LogP contribution in [0.5, 0.6) is 0 Å². The fourth-order valence-electron chi connectivity index (χ4n) is 0.434. The van der Waals surface area contributed by atoms with E-state index in [2.05, 4.69) is 9.47 Å². The molecule has 0 saturated heterocycles. The molecule has 0 fully saturated rings. The van der Waals surface area contributed by atoms with E-state index in [1.54, 1.807) is 0 Å². The molecule has 0 bridgehead atoms. The van der Waals surface area contributed by atoms with Gasteiger partial charge in [0.05, 0.1) is 0 Å². The Morgan fingerprint density at radius 2 is 1.21 bits per heavy atom. The van der Waals surface area contributed by atoms with Crippen LogP contribution in [0.2, 0.25) is 0 Å². The van der Waals surface area contributed by atoms with Gasteiger partial charge in [0.2, 0.25) is 0 Å². The van der Waals surface area contributed by atoms with Gasteiger partial charge < -0.3 is 9.47 Å². The third-order valence-electron chi connectivity index (χ3n) is 1.27. The Bertz CT molecular complexity index is 168. The predicted octanol–water partition coefficient (Wildman–Crippen LogP) is 2.45. The number of carbonyl (C=O) groups is 1. The Kier molecular flexibility index (Phi) is 5.26. The highest BCUT2D eigenvalue weighted by atomic mass is 19.3. The second-order valence-electron chi connectivity index (χ2n) is 2.56. The molecule has 0 aliphatic rings. The summed E-state index contributed by atoms with van der Waals surface area (Å²) in [6, 6.07) is 0. The third kappa shape index (κ3) is 4.88. The fraction of sp³-hybridized carbons (Fsp3) is 0.857. The van der Waals surface area contributed by atoms with E-state index in [0.29, 0.717) is 0 Å². The third-order valence-corrected chi connectivity index (χ3v) is 1.27. The minimum atomic E-state index is -2.87. The Labute approximate surface area is 78.0 Å². The summed E-state index contributed by atoms with van der Waals surface area (Å²) in [7, 11) is 0. The molecule has 2 unspecified atom stereocenters. The summed E-state index contributed by atoms with van der Waals surface area (Å²) >= 11 is 0. The van der Waals surface area contributed by atoms with Gasteiger partial charge in [-0.1, -0.05) is 0 Å². The van der Waals surface area contributed by atoms with Crippen LogP contribution < -0.4 is 0 Å². The van der Waals surface area contributed by atoms with E-state index in [9.17, 15) is 22.4 Å². The van der Waals surface area contributed by atoms with Crippen molar-refractivity contribution in [2.75, 3.05) is 0 Å². The maximum atomic E-state index is 11.8. The Morgan fingerprint density at radius 3 is 1.43 bits per heavy atom. The van der Waals surface area contributed by atoms with Crippen LogP contribution in [-0.4, -0.2) is 31.2 Å². The highest BCUT2D eigenvalue weighted by Crippen LogP contribution is 2.09. The number of rotatable bonds is 4. The van der Waals surface area contributed by atoms with E-state index in [4.69, 9.17) is 0 Å². The molecular weight excluding hydrogens is 208 g/mol. The van der Waals surface area contributed by atoms with Crippen LogP contribution in [0, 0.1) is 0 Å². The molecule has 0 saturated carbocycles. The van der Waals surface area contributed by atoms with Gasteiger partial charge in [-0.2, -0.15) is 0 Å². The lowest BCUT2D eigenvalue weighted by Gasteiger charge is -2.15. The van der Waals surface area contributed by atoms with Gasteiger partial charge in [0, 0.05) is 0 Å². The van der Waals surface area contributed by atoms with Gasteiger partial charge in [0.15, 0.2) is 12.2 Å². The van der Waals surface area contributed by atoms with Crippen LogP contribution in [0.3, 0.4) is 0 Å². The van der Waals surface area contributed by atoms with Crippen LogP contribution in [0.1, 0.15) is 13.8 Å². The van der Waals surface area contributed by atoms with E-state index in [1.807, 2.05) is 0 Å². The second-order valence-corrected chi connectivity index (χ2v) is 2.56. The summed E-state index contributed by atoms with van der Waals surface area (Å²) in [5.74, 6) is 0. The highest BCUT2D eigenvalue weighted by molar-refractivity contribution is 5.60. The molecule has 84 valence electrons. The van der Waals surface area contributed by atoms with Crippen molar-refractivity contribution in [1.29, 1.82) is 0 Å². The van der Waals surface area contributed by atoms with Crippen molar-refractivity contribution < 1.29 is 31.8 Å². The van der Waals surface area contributed by atoms with Crippen molar-refractivity contribution in [2.24, 2.45) is 0 Å². The number of hydrogen-bond acceptors (Lipinski definition) is 3. The number of alkyl halides is 4. The second kappa shape index (κ2) is 5.66. The van der Waals surface area contributed by atoms with Gasteiger partial charge in [-0.15, -0.1) is 0 Å². The zero-order valence-electron chi connectivity index (χ0n) is 7.55. The van der Waals surface area contributed by atoms with Gasteiger partial charge in [0.25, 0.3) is 12.9 Å². The van der Waals surface area contributed by atoms with Crippen molar-refractivity contribution in [2.45, 2.75) is 38.9 Å². The molecule has 0 rings (SSSR count). The van der Waals surface area contributed by atoms with E-state index < -0.39 is 31.2 Å². The van der Waals surface area contributed by atoms with Crippen LogP contribution >= 0.6 is 0 Å². The predicted molar refractivity (Wildman–Crippen MR) is 38.5 cm³/mol. The lowest BCUT2D eigenvalue weighted by Crippen LogP contribution is -2.27. The quantitative estimate of drug-likeness (QED) is 0.537. The average molecular weight is 218 g/mol. The SMILES string of the molecule is CC(OC(=O)OC(C)C(F)F)C(F)F. The molecule has 0 N–H and O–H groups in total. The van der Waals surface area contributed by atoms with Gasteiger partial charge in [-0.25, -0.2) is 22.4 Å². The standard InChI is InChI=1S/C7H10F4O3/c1-3(5(8)9)13-7(12)14-4(2)6(10)11/h3-6H,1-2H3. The van der Waals surface area contributed by atoms with Crippen molar-refractivity contribution in [3.63, 3.8) is 0 Å². The van der Waals surface area contributed by atoms with Crippen LogP contribution in [0.15, 0.2) is 0 Å². The van der Waals surface area contributed by atoms with Gasteiger partial charge in [-0.05, 0) is 13.8 Å². The number of hydrogen-bond donors (Lipinski definition) is 0. The Hall–Kier alpha value is -1.01. The first-order valence-corrected chi connectivity index (χ1v) is 3.78. The molecule has 0 heterocycles. The van der Waals surface area contributed by atoms with E-state index >= 15 is 0 Å². The Morgan fingerprint density at radius 1 is 0.929 bits per heavy atom. The summed E-state index contributed by atoms with van der Waals surface area (Å²) < 4.78 is 55.2. The minimum Gasteiger partial charge on any atom is -0.425 e. The molecule has 7 heteroatoms. The summed E-state index contributed by atoms with van der Waals surface area (Å²) in [5.41, 5.74) is 0. The molecule has 2 atom stereocenters. The zero-order valence-corrected chi connectivity index (χ0v) is 7.55. The summed E-state index contributed by atoms with van der Waals surface area (Å²) in [5, 5.41) is 0. The first kappa shape index (κ1) is 13.0. The zero-order chi connectivity index (χ0) is 11.3. The summed E-state index contributed by atoms with van der Waals surface area (Å²) in [6.45, 7) is 1.86. The van der Waals surface area contributed by atoms with E-state index in [0.717, 1.165) is 13.8 Å². The highest BCUT2D eigenvalue weighted by Gasteiger charge is 2.24. The first-order valence-electron chi connectivity index (χ1n) is 3.78. The van der Waals surface area contributed by atoms with Gasteiger partial charge in [0.1, 0.15) is 0 Å². The van der Waals surface area contributed by atoms with Crippen molar-refractivity contribution in [1.82, 2.24) is 0 Å². The van der Waals surface area contributed by atoms with E-state index in [-0.39, 0.29) is 0 Å². The van der Waals surface area contributed by atoms with Crippen LogP contribution in [0.25, 0.3) is 0 Å². The maximum absolute atomic E-state index is 11.8. The Balaban J connectivity index is 3.87. The number of carbonyl (C=O) groups excluding carboxylic acids is 1. The molecular formula is C7H10F4O3. The monoisotopic (exact) mass is 218 g/mol. The molecule has 0 aliphatic carbocycles. The topological polar surface area (TPSA) is 35.5 Å². The molecule has 0 spiro atoms. The average Bonchev–Trinajstić information content (AvgIpc) is 2.03.